The van der Waals surface area contributed by atoms with Crippen molar-refractivity contribution >= 4 is 37.3 Å². The highest BCUT2D eigenvalue weighted by atomic mass is 79.9. The number of sulfonamides is 1. The zero-order valence-corrected chi connectivity index (χ0v) is 15.4. The zero-order valence-electron chi connectivity index (χ0n) is 12.2. The maximum atomic E-state index is 12.8. The fourth-order valence-corrected chi connectivity index (χ4v) is 7.21. The van der Waals surface area contributed by atoms with Crippen LogP contribution < -0.4 is 0 Å². The number of halogens is 1. The van der Waals surface area contributed by atoms with Gasteiger partial charge in [-0.2, -0.15) is 4.31 Å². The predicted octanol–water partition coefficient (Wildman–Crippen LogP) is 3.07. The van der Waals surface area contributed by atoms with E-state index in [-0.39, 0.29) is 0 Å². The quantitative estimate of drug-likeness (QED) is 0.793. The number of nitrogens with zero attached hydrogens (tertiary/aromatic N) is 2. The third-order valence-corrected chi connectivity index (χ3v) is 8.17. The molecule has 2 aliphatic heterocycles. The molecule has 0 bridgehead atoms. The van der Waals surface area contributed by atoms with Crippen LogP contribution >= 0.6 is 27.3 Å². The number of rotatable bonds is 3. The van der Waals surface area contributed by atoms with Gasteiger partial charge in [0.05, 0.1) is 8.68 Å². The van der Waals surface area contributed by atoms with Crippen LogP contribution in [-0.4, -0.2) is 49.8 Å². The molecule has 2 fully saturated rings. The molecule has 0 saturated carbocycles. The summed E-state index contributed by atoms with van der Waals surface area (Å²) in [5.41, 5.74) is 0. The Morgan fingerprint density at radius 3 is 2.57 bits per heavy atom. The van der Waals surface area contributed by atoms with Crippen LogP contribution in [0.5, 0.6) is 0 Å². The average molecular weight is 393 g/mol. The summed E-state index contributed by atoms with van der Waals surface area (Å²) in [5.74, 6) is 0. The first-order valence-corrected chi connectivity index (χ1v) is 10.5. The van der Waals surface area contributed by atoms with Crippen molar-refractivity contribution in [3.8, 4) is 0 Å². The molecule has 0 radical (unpaired) electrons. The number of likely N-dealkylation sites (tertiary alicyclic amines) is 1. The lowest BCUT2D eigenvalue weighted by atomic mass is 10.1. The standard InChI is InChI=1S/C14H21BrN2O2S2/c1-11-13(9-14(15)20-11)21(18,19)17-8-5-12(10-17)16-6-3-2-4-7-16/h9,12H,2-8,10H2,1H3. The Kier molecular flexibility index (Phi) is 4.76. The Balaban J connectivity index is 1.74. The fourth-order valence-electron chi connectivity index (χ4n) is 3.34. The number of hydrogen-bond acceptors (Lipinski definition) is 4. The van der Waals surface area contributed by atoms with Crippen LogP contribution in [0.15, 0.2) is 14.7 Å². The van der Waals surface area contributed by atoms with Crippen LogP contribution in [0.1, 0.15) is 30.6 Å². The van der Waals surface area contributed by atoms with E-state index in [1.54, 1.807) is 10.4 Å². The summed E-state index contributed by atoms with van der Waals surface area (Å²) in [6.45, 7) is 5.43. The van der Waals surface area contributed by atoms with Crippen LogP contribution in [0.25, 0.3) is 0 Å². The minimum Gasteiger partial charge on any atom is -0.299 e. The molecule has 0 aliphatic carbocycles. The van der Waals surface area contributed by atoms with Crippen molar-refractivity contribution in [2.45, 2.75) is 43.5 Å². The first kappa shape index (κ1) is 15.9. The largest absolute Gasteiger partial charge is 0.299 e. The summed E-state index contributed by atoms with van der Waals surface area (Å²) in [4.78, 5) is 3.82. The van der Waals surface area contributed by atoms with Crippen molar-refractivity contribution in [1.82, 2.24) is 9.21 Å². The van der Waals surface area contributed by atoms with Crippen molar-refractivity contribution in [2.24, 2.45) is 0 Å². The molecule has 0 spiro atoms. The fraction of sp³-hybridized carbons (Fsp3) is 0.714. The van der Waals surface area contributed by atoms with E-state index in [4.69, 9.17) is 0 Å². The van der Waals surface area contributed by atoms with E-state index in [1.807, 2.05) is 6.92 Å². The van der Waals surface area contributed by atoms with Crippen LogP contribution in [0.2, 0.25) is 0 Å². The van der Waals surface area contributed by atoms with E-state index in [9.17, 15) is 8.42 Å². The third kappa shape index (κ3) is 3.22. The molecule has 118 valence electrons. The molecule has 4 nitrogen and oxygen atoms in total. The summed E-state index contributed by atoms with van der Waals surface area (Å²) in [7, 11) is -3.33. The van der Waals surface area contributed by atoms with E-state index in [0.717, 1.165) is 28.2 Å². The van der Waals surface area contributed by atoms with Gasteiger partial charge in [-0.05, 0) is 61.3 Å². The zero-order chi connectivity index (χ0) is 15.0. The first-order chi connectivity index (χ1) is 9.98. The second-order valence-corrected chi connectivity index (χ2v) is 10.4. The van der Waals surface area contributed by atoms with Crippen molar-refractivity contribution in [1.29, 1.82) is 0 Å². The molecule has 1 unspecified atom stereocenters. The van der Waals surface area contributed by atoms with Crippen molar-refractivity contribution in [3.63, 3.8) is 0 Å². The van der Waals surface area contributed by atoms with Gasteiger partial charge in [0.25, 0.3) is 0 Å². The Morgan fingerprint density at radius 1 is 1.24 bits per heavy atom. The van der Waals surface area contributed by atoms with Crippen LogP contribution in [-0.2, 0) is 10.0 Å². The highest BCUT2D eigenvalue weighted by molar-refractivity contribution is 9.11. The predicted molar refractivity (Wildman–Crippen MR) is 89.3 cm³/mol. The topological polar surface area (TPSA) is 40.6 Å². The Hall–Kier alpha value is 0.0500. The molecular weight excluding hydrogens is 372 g/mol. The molecule has 0 N–H and O–H groups in total. The maximum absolute atomic E-state index is 12.8. The van der Waals surface area contributed by atoms with E-state index >= 15 is 0 Å². The monoisotopic (exact) mass is 392 g/mol. The summed E-state index contributed by atoms with van der Waals surface area (Å²) in [5, 5.41) is 0. The lowest BCUT2D eigenvalue weighted by Gasteiger charge is -2.32. The number of hydrogen-bond donors (Lipinski definition) is 0. The number of aryl methyl sites for hydroxylation is 1. The van der Waals surface area contributed by atoms with Gasteiger partial charge in [0, 0.05) is 24.0 Å². The smallest absolute Gasteiger partial charge is 0.244 e. The van der Waals surface area contributed by atoms with Crippen LogP contribution in [0.4, 0.5) is 0 Å². The lowest BCUT2D eigenvalue weighted by Crippen LogP contribution is -2.41. The molecule has 2 aliphatic rings. The van der Waals surface area contributed by atoms with Gasteiger partial charge in [0.1, 0.15) is 0 Å². The van der Waals surface area contributed by atoms with Gasteiger partial charge in [-0.25, -0.2) is 8.42 Å². The minimum absolute atomic E-state index is 0.405. The Bertz CT molecular complexity index is 608. The van der Waals surface area contributed by atoms with Crippen LogP contribution in [0.3, 0.4) is 0 Å². The molecule has 3 heterocycles. The highest BCUT2D eigenvalue weighted by Crippen LogP contribution is 2.33. The molecule has 7 heteroatoms. The van der Waals surface area contributed by atoms with E-state index in [1.165, 1.54) is 30.6 Å². The van der Waals surface area contributed by atoms with E-state index < -0.39 is 10.0 Å². The molecule has 0 amide bonds. The van der Waals surface area contributed by atoms with Gasteiger partial charge in [0.2, 0.25) is 10.0 Å². The molecule has 2 saturated heterocycles. The molecule has 21 heavy (non-hydrogen) atoms. The van der Waals surface area contributed by atoms with Crippen molar-refractivity contribution < 1.29 is 8.42 Å². The van der Waals surface area contributed by atoms with Gasteiger partial charge in [-0.15, -0.1) is 11.3 Å². The summed E-state index contributed by atoms with van der Waals surface area (Å²) < 4.78 is 28.1. The maximum Gasteiger partial charge on any atom is 0.244 e. The second-order valence-electron chi connectivity index (χ2n) is 5.87. The summed E-state index contributed by atoms with van der Waals surface area (Å²) >= 11 is 4.87. The highest BCUT2D eigenvalue weighted by Gasteiger charge is 2.36. The normalized spacial score (nSPS) is 25.5. The Labute approximate surface area is 139 Å². The SMILES string of the molecule is Cc1sc(Br)cc1S(=O)(=O)N1CCC(N2CCCCC2)C1. The molecular formula is C14H21BrN2O2S2. The lowest BCUT2D eigenvalue weighted by molar-refractivity contribution is 0.169. The molecule has 1 aromatic heterocycles. The summed E-state index contributed by atoms with van der Waals surface area (Å²) in [6, 6.07) is 2.14. The van der Waals surface area contributed by atoms with Crippen LogP contribution in [0, 0.1) is 6.92 Å². The van der Waals surface area contributed by atoms with E-state index in [0.29, 0.717) is 24.0 Å². The van der Waals surface area contributed by atoms with Gasteiger partial charge in [-0.3, -0.25) is 4.90 Å². The van der Waals surface area contributed by atoms with Gasteiger partial charge >= 0.3 is 0 Å². The molecule has 3 rings (SSSR count). The van der Waals surface area contributed by atoms with Gasteiger partial charge < -0.3 is 0 Å². The summed E-state index contributed by atoms with van der Waals surface area (Å²) in [6.07, 6.45) is 4.77. The minimum atomic E-state index is -3.33. The first-order valence-electron chi connectivity index (χ1n) is 7.48. The van der Waals surface area contributed by atoms with E-state index in [2.05, 4.69) is 20.8 Å². The number of piperidine rings is 1. The number of thiophene rings is 1. The Morgan fingerprint density at radius 2 is 1.95 bits per heavy atom. The van der Waals surface area contributed by atoms with Gasteiger partial charge in [0.15, 0.2) is 0 Å². The molecule has 0 aromatic carbocycles. The molecule has 1 atom stereocenters. The molecule has 1 aromatic rings. The second kappa shape index (κ2) is 6.28. The van der Waals surface area contributed by atoms with Crippen molar-refractivity contribution in [3.05, 3.63) is 14.7 Å². The van der Waals surface area contributed by atoms with Crippen molar-refractivity contribution in [2.75, 3.05) is 26.2 Å². The third-order valence-electron chi connectivity index (χ3n) is 4.49. The average Bonchev–Trinajstić information content (AvgIpc) is 3.07. The van der Waals surface area contributed by atoms with Gasteiger partial charge in [-0.1, -0.05) is 6.42 Å².